The molecule has 0 aliphatic carbocycles. The highest BCUT2D eigenvalue weighted by Crippen LogP contribution is 2.28. The predicted octanol–water partition coefficient (Wildman–Crippen LogP) is 5.18. The number of aromatic nitrogens is 3. The van der Waals surface area contributed by atoms with Crippen molar-refractivity contribution in [1.82, 2.24) is 14.8 Å². The summed E-state index contributed by atoms with van der Waals surface area (Å²) in [6.07, 6.45) is 0. The van der Waals surface area contributed by atoms with Gasteiger partial charge in [-0.2, -0.15) is 0 Å². The molecule has 0 fully saturated rings. The number of thioether (sulfide) groups is 1. The number of anilines is 1. The first-order chi connectivity index (χ1) is 15.5. The second kappa shape index (κ2) is 9.62. The normalized spacial score (nSPS) is 10.7. The molecule has 6 nitrogen and oxygen atoms in total. The lowest BCUT2D eigenvalue weighted by Gasteiger charge is -2.11. The quantitative estimate of drug-likeness (QED) is 0.315. The van der Waals surface area contributed by atoms with Gasteiger partial charge in [0.05, 0.1) is 11.4 Å². The Labute approximate surface area is 190 Å². The number of carbonyl (C=O) groups excluding carboxylic acids is 2. The highest BCUT2D eigenvalue weighted by molar-refractivity contribution is 7.99. The summed E-state index contributed by atoms with van der Waals surface area (Å²) in [4.78, 5) is 24.4. The molecular weight excluding hydrogens is 420 g/mol. The van der Waals surface area contributed by atoms with Gasteiger partial charge in [0.2, 0.25) is 5.91 Å². The minimum absolute atomic E-state index is 0.0971. The predicted molar refractivity (Wildman–Crippen MR) is 127 cm³/mol. The van der Waals surface area contributed by atoms with Crippen molar-refractivity contribution in [2.45, 2.75) is 19.0 Å². The van der Waals surface area contributed by atoms with Gasteiger partial charge in [-0.3, -0.25) is 14.2 Å². The van der Waals surface area contributed by atoms with Gasteiger partial charge in [-0.1, -0.05) is 71.9 Å². The summed E-state index contributed by atoms with van der Waals surface area (Å²) in [6.45, 7) is 3.52. The molecule has 0 radical (unpaired) electrons. The first kappa shape index (κ1) is 21.5. The fourth-order valence-corrected chi connectivity index (χ4v) is 4.03. The number of hydrogen-bond donors (Lipinski definition) is 1. The number of rotatable bonds is 7. The molecule has 32 heavy (non-hydrogen) atoms. The molecule has 0 aliphatic heterocycles. The maximum atomic E-state index is 12.6. The van der Waals surface area contributed by atoms with Gasteiger partial charge in [0.15, 0.2) is 16.8 Å². The van der Waals surface area contributed by atoms with Crippen LogP contribution in [0.15, 0.2) is 84.0 Å². The molecule has 0 bridgehead atoms. The highest BCUT2D eigenvalue weighted by Gasteiger charge is 2.18. The number of amides is 1. The Hall–Kier alpha value is -3.71. The van der Waals surface area contributed by atoms with Crippen LogP contribution in [0.3, 0.4) is 0 Å². The number of carbonyl (C=O) groups is 2. The Kier molecular flexibility index (Phi) is 6.47. The highest BCUT2D eigenvalue weighted by atomic mass is 32.2. The number of ketones is 1. The van der Waals surface area contributed by atoms with E-state index < -0.39 is 0 Å². The van der Waals surface area contributed by atoms with Crippen LogP contribution in [-0.4, -0.2) is 32.2 Å². The number of nitrogens with one attached hydrogen (secondary N) is 1. The van der Waals surface area contributed by atoms with Gasteiger partial charge in [-0.05, 0) is 38.1 Å². The topological polar surface area (TPSA) is 76.9 Å². The first-order valence-corrected chi connectivity index (χ1v) is 11.1. The lowest BCUT2D eigenvalue weighted by Crippen LogP contribution is -2.16. The second-order valence-corrected chi connectivity index (χ2v) is 8.22. The molecule has 4 rings (SSSR count). The summed E-state index contributed by atoms with van der Waals surface area (Å²) in [5, 5.41) is 12.2. The third kappa shape index (κ3) is 4.78. The van der Waals surface area contributed by atoms with E-state index in [0.29, 0.717) is 22.2 Å². The average Bonchev–Trinajstić information content (AvgIpc) is 3.23. The molecule has 0 unspecified atom stereocenters. The zero-order chi connectivity index (χ0) is 22.5. The maximum absolute atomic E-state index is 12.6. The minimum Gasteiger partial charge on any atom is -0.325 e. The van der Waals surface area contributed by atoms with Crippen molar-refractivity contribution in [3.8, 4) is 17.1 Å². The van der Waals surface area contributed by atoms with Crippen LogP contribution in [0.2, 0.25) is 0 Å². The van der Waals surface area contributed by atoms with Gasteiger partial charge in [0.1, 0.15) is 0 Å². The molecule has 3 aromatic carbocycles. The standard InChI is InChI=1S/C25H22N4O2S/c1-17-12-14-20(15-13-17)29-24(19-8-4-3-5-9-19)27-28-25(29)32-16-23(31)26-22-11-7-6-10-21(22)18(2)30/h3-15H,16H2,1-2H3,(H,26,31). The fourth-order valence-electron chi connectivity index (χ4n) is 3.28. The number of aryl methyl sites for hydroxylation is 1. The number of nitrogens with zero attached hydrogens (tertiary/aromatic N) is 3. The van der Waals surface area contributed by atoms with Crippen LogP contribution in [0.4, 0.5) is 5.69 Å². The van der Waals surface area contributed by atoms with Gasteiger partial charge < -0.3 is 5.32 Å². The monoisotopic (exact) mass is 442 g/mol. The van der Waals surface area contributed by atoms with Crippen molar-refractivity contribution in [2.24, 2.45) is 0 Å². The largest absolute Gasteiger partial charge is 0.325 e. The number of Topliss-reactive ketones (excluding diaryl/α,β-unsaturated/α-hetero) is 1. The summed E-state index contributed by atoms with van der Waals surface area (Å²) < 4.78 is 1.95. The Morgan fingerprint density at radius 3 is 2.31 bits per heavy atom. The van der Waals surface area contributed by atoms with Crippen LogP contribution in [0, 0.1) is 6.92 Å². The zero-order valence-electron chi connectivity index (χ0n) is 17.8. The fraction of sp³-hybridized carbons (Fsp3) is 0.120. The number of para-hydroxylation sites is 1. The van der Waals surface area contributed by atoms with Crippen LogP contribution in [0.25, 0.3) is 17.1 Å². The van der Waals surface area contributed by atoms with E-state index in [4.69, 9.17) is 0 Å². The molecule has 4 aromatic rings. The van der Waals surface area contributed by atoms with Crippen molar-refractivity contribution < 1.29 is 9.59 Å². The second-order valence-electron chi connectivity index (χ2n) is 7.28. The summed E-state index contributed by atoms with van der Waals surface area (Å²) in [5.41, 5.74) is 4.01. The van der Waals surface area contributed by atoms with Crippen LogP contribution in [-0.2, 0) is 4.79 Å². The van der Waals surface area contributed by atoms with Gasteiger partial charge in [0.25, 0.3) is 0 Å². The zero-order valence-corrected chi connectivity index (χ0v) is 18.6. The van der Waals surface area contributed by atoms with E-state index in [-0.39, 0.29) is 17.4 Å². The van der Waals surface area contributed by atoms with Crippen molar-refractivity contribution in [3.05, 3.63) is 90.0 Å². The average molecular weight is 443 g/mol. The summed E-state index contributed by atoms with van der Waals surface area (Å²) >= 11 is 1.30. The van der Waals surface area contributed by atoms with Crippen molar-refractivity contribution >= 4 is 29.1 Å². The Morgan fingerprint density at radius 1 is 0.906 bits per heavy atom. The van der Waals surface area contributed by atoms with E-state index in [9.17, 15) is 9.59 Å². The lowest BCUT2D eigenvalue weighted by atomic mass is 10.1. The smallest absolute Gasteiger partial charge is 0.234 e. The summed E-state index contributed by atoms with van der Waals surface area (Å²) in [5.74, 6) is 0.522. The van der Waals surface area contributed by atoms with Gasteiger partial charge in [-0.25, -0.2) is 0 Å². The van der Waals surface area contributed by atoms with Crippen LogP contribution in [0.5, 0.6) is 0 Å². The lowest BCUT2D eigenvalue weighted by molar-refractivity contribution is -0.113. The van der Waals surface area contributed by atoms with E-state index in [1.807, 2.05) is 66.1 Å². The summed E-state index contributed by atoms with van der Waals surface area (Å²) in [7, 11) is 0. The Morgan fingerprint density at radius 2 is 1.59 bits per heavy atom. The van der Waals surface area contributed by atoms with E-state index in [1.54, 1.807) is 24.3 Å². The van der Waals surface area contributed by atoms with Crippen LogP contribution in [0.1, 0.15) is 22.8 Å². The van der Waals surface area contributed by atoms with Gasteiger partial charge in [0, 0.05) is 16.8 Å². The Balaban J connectivity index is 1.59. The van der Waals surface area contributed by atoms with Crippen molar-refractivity contribution in [2.75, 3.05) is 11.1 Å². The molecule has 0 atom stereocenters. The SMILES string of the molecule is CC(=O)c1ccccc1NC(=O)CSc1nnc(-c2ccccc2)n1-c1ccc(C)cc1. The molecule has 1 aromatic heterocycles. The molecule has 0 spiro atoms. The van der Waals surface area contributed by atoms with E-state index in [2.05, 4.69) is 15.5 Å². The number of benzene rings is 3. The molecule has 1 heterocycles. The van der Waals surface area contributed by atoms with Gasteiger partial charge in [-0.15, -0.1) is 10.2 Å². The maximum Gasteiger partial charge on any atom is 0.234 e. The molecule has 0 saturated heterocycles. The molecule has 1 N–H and O–H groups in total. The van der Waals surface area contributed by atoms with E-state index >= 15 is 0 Å². The molecule has 7 heteroatoms. The first-order valence-electron chi connectivity index (χ1n) is 10.1. The van der Waals surface area contributed by atoms with Crippen molar-refractivity contribution in [3.63, 3.8) is 0 Å². The molecule has 1 amide bonds. The number of hydrogen-bond acceptors (Lipinski definition) is 5. The van der Waals surface area contributed by atoms with E-state index in [1.165, 1.54) is 18.7 Å². The van der Waals surface area contributed by atoms with Gasteiger partial charge >= 0.3 is 0 Å². The van der Waals surface area contributed by atoms with Crippen LogP contribution >= 0.6 is 11.8 Å². The molecular formula is C25H22N4O2S. The molecule has 160 valence electrons. The Bertz CT molecular complexity index is 1250. The van der Waals surface area contributed by atoms with Crippen molar-refractivity contribution in [1.29, 1.82) is 0 Å². The third-order valence-electron chi connectivity index (χ3n) is 4.87. The molecule has 0 saturated carbocycles. The third-order valence-corrected chi connectivity index (χ3v) is 5.80. The van der Waals surface area contributed by atoms with Crippen LogP contribution < -0.4 is 5.32 Å². The summed E-state index contributed by atoms with van der Waals surface area (Å²) in [6, 6.07) is 24.9. The van der Waals surface area contributed by atoms with E-state index in [0.717, 1.165) is 16.8 Å². The minimum atomic E-state index is -0.219. The molecule has 0 aliphatic rings.